The van der Waals surface area contributed by atoms with Gasteiger partial charge in [0.25, 0.3) is 64.5 Å². The highest BCUT2D eigenvalue weighted by Crippen LogP contribution is 2.44. The Hall–Kier alpha value is -10.3. The van der Waals surface area contributed by atoms with Crippen molar-refractivity contribution in [3.8, 4) is 0 Å². The summed E-state index contributed by atoms with van der Waals surface area (Å²) >= 11 is 0. The Bertz CT molecular complexity index is 5930. The second kappa shape index (κ2) is 50.5. The SMILES string of the molecule is CCN([C@@H]1C[C@H]1[N+](C)(C)C)S(=O)(=O)N1C[C@H](CCCB(O)O)[C@](N)(C(=O)O)C1.CCNc1c(N2C[C@H](CCCB(O)O)[C@](N)(C(=O)O)C2)c(=O)c1=O.CN(C)c1c(N2C[C@H](CCCB(O)O)[C@](N)(C(=O)O)C2)c(=O)c1=O.CNc1c(N2C[C@H](CCCB(O)O)[C@](N)(C(=O)O)C2)c(=O)c1=O.NCCCNc1c(N2C[C@H](CCCB(O)O)[C@](N)(C(=O)O)C2)c(=O)c1=O.Nc1c(N2C[C@H](CCCB(O)O)[C@](N)(C(=O)O)C2)c(=O)c1=O. The first-order valence-corrected chi connectivity index (χ1v) is 49.7. The van der Waals surface area contributed by atoms with Crippen LogP contribution in [0.3, 0.4) is 0 Å². The summed E-state index contributed by atoms with van der Waals surface area (Å²) < 4.78 is 29.9. The van der Waals surface area contributed by atoms with E-state index in [1.54, 1.807) is 42.6 Å². The Labute approximate surface area is 845 Å². The maximum absolute atomic E-state index is 13.3. The van der Waals surface area contributed by atoms with Gasteiger partial charge in [-0.15, -0.1) is 0 Å². The predicted molar refractivity (Wildman–Crippen MR) is 549 cm³/mol. The van der Waals surface area contributed by atoms with Crippen molar-refractivity contribution in [1.82, 2.24) is 8.61 Å². The number of rotatable bonds is 48. The van der Waals surface area contributed by atoms with Crippen LogP contribution in [0.15, 0.2) is 47.9 Å². The van der Waals surface area contributed by atoms with Gasteiger partial charge >= 0.3 is 78.5 Å². The third-order valence-corrected chi connectivity index (χ3v) is 31.0. The van der Waals surface area contributed by atoms with Crippen molar-refractivity contribution in [2.75, 3.05) is 198 Å². The lowest BCUT2D eigenvalue weighted by molar-refractivity contribution is -0.882. The van der Waals surface area contributed by atoms with Gasteiger partial charge in [-0.05, 0) is 96.3 Å². The molecule has 0 bridgehead atoms. The zero-order valence-electron chi connectivity index (χ0n) is 83.5. The molecule has 6 saturated heterocycles. The normalized spacial score (nSPS) is 25.2. The first kappa shape index (κ1) is 124. The molecule has 37 N–H and O–H groups in total. The average molecular weight is 2100 g/mol. The summed E-state index contributed by atoms with van der Waals surface area (Å²) in [6, 6.07) is 0.108. The molecule has 63 heteroatoms. The van der Waals surface area contributed by atoms with E-state index in [0.29, 0.717) is 114 Å². The molecular formula is C84H141B6N20O36S+. The number of hydrogen-bond donors (Lipinski definition) is 29. The molecule has 147 heavy (non-hydrogen) atoms. The van der Waals surface area contributed by atoms with Crippen molar-refractivity contribution < 1.29 is 133 Å². The average Bonchev–Trinajstić information content (AvgIpc) is 1.60. The van der Waals surface area contributed by atoms with Crippen LogP contribution in [0.1, 0.15) is 104 Å². The van der Waals surface area contributed by atoms with Gasteiger partial charge in [0.1, 0.15) is 96.1 Å². The third kappa shape index (κ3) is 27.7. The molecule has 1 aliphatic carbocycles. The van der Waals surface area contributed by atoms with Crippen LogP contribution >= 0.6 is 0 Å². The van der Waals surface area contributed by atoms with E-state index in [2.05, 4.69) is 16.0 Å². The Morgan fingerprint density at radius 3 is 0.912 bits per heavy atom. The van der Waals surface area contributed by atoms with E-state index in [0.717, 1.165) is 6.42 Å². The number of nitrogens with one attached hydrogen (secondary N) is 3. The van der Waals surface area contributed by atoms with Crippen LogP contribution in [0.2, 0.25) is 37.9 Å². The van der Waals surface area contributed by atoms with E-state index in [1.165, 1.54) is 30.4 Å². The fraction of sp³-hybridized carbons (Fsp3) is 0.690. The van der Waals surface area contributed by atoms with E-state index in [9.17, 15) is 116 Å². The van der Waals surface area contributed by atoms with Gasteiger partial charge in [-0.3, -0.25) is 76.7 Å². The Kier molecular flexibility index (Phi) is 42.5. The van der Waals surface area contributed by atoms with E-state index in [-0.39, 0.29) is 185 Å². The molecule has 1 saturated carbocycles. The zero-order chi connectivity index (χ0) is 111. The quantitative estimate of drug-likeness (QED) is 0.00744. The summed E-state index contributed by atoms with van der Waals surface area (Å²) in [7, 11) is -1.70. The molecule has 7 aliphatic rings. The second-order valence-electron chi connectivity index (χ2n) is 40.3. The molecule has 0 radical (unpaired) electrons. The number of carboxylic acids is 6. The molecule has 7 fully saturated rings. The Balaban J connectivity index is 0.000000239. The maximum atomic E-state index is 13.3. The van der Waals surface area contributed by atoms with Crippen molar-refractivity contribution in [2.24, 2.45) is 75.6 Å². The molecule has 0 aromatic heterocycles. The molecule has 6 aliphatic heterocycles. The van der Waals surface area contributed by atoms with Crippen LogP contribution in [0, 0.1) is 35.5 Å². The minimum atomic E-state index is -3.85. The van der Waals surface area contributed by atoms with Gasteiger partial charge in [-0.25, -0.2) is 0 Å². The van der Waals surface area contributed by atoms with Crippen LogP contribution in [0.25, 0.3) is 0 Å². The fourth-order valence-corrected chi connectivity index (χ4v) is 22.3. The Morgan fingerprint density at radius 2 is 0.653 bits per heavy atom. The van der Waals surface area contributed by atoms with E-state index < -0.39 is 212 Å². The summed E-state index contributed by atoms with van der Waals surface area (Å²) in [5.41, 5.74) is 32.8. The van der Waals surface area contributed by atoms with Crippen molar-refractivity contribution in [1.29, 1.82) is 0 Å². The number of nitrogens with two attached hydrogens (primary N) is 8. The largest absolute Gasteiger partial charge is 0.480 e. The molecule has 14 atom stereocenters. The van der Waals surface area contributed by atoms with Crippen LogP contribution in [0.5, 0.6) is 0 Å². The van der Waals surface area contributed by atoms with Crippen LogP contribution in [-0.2, 0) is 39.0 Å². The van der Waals surface area contributed by atoms with Gasteiger partial charge < -0.3 is 187 Å². The summed E-state index contributed by atoms with van der Waals surface area (Å²) in [6.07, 6.45) is 6.53. The number of aliphatic carboxylic acids is 6. The molecule has 56 nitrogen and oxygen atoms in total. The number of nitrogens with zero attached hydrogens (tertiary/aromatic N) is 9. The van der Waals surface area contributed by atoms with Crippen LogP contribution in [-0.4, -0.2) is 383 Å². The summed E-state index contributed by atoms with van der Waals surface area (Å²) in [5, 5.41) is 172. The number of carboxylic acid groups (broad SMARTS) is 6. The number of quaternary nitrogens is 1. The molecule has 0 spiro atoms. The van der Waals surface area contributed by atoms with Gasteiger partial charge in [0.05, 0.1) is 27.2 Å². The van der Waals surface area contributed by atoms with Crippen LogP contribution in [0.4, 0.5) is 56.9 Å². The van der Waals surface area contributed by atoms with E-state index in [4.69, 9.17) is 106 Å². The highest BCUT2D eigenvalue weighted by molar-refractivity contribution is 7.86. The van der Waals surface area contributed by atoms with Crippen molar-refractivity contribution >= 4 is 146 Å². The predicted octanol–water partition coefficient (Wildman–Crippen LogP) is -13.0. The molecule has 12 rings (SSSR count). The summed E-state index contributed by atoms with van der Waals surface area (Å²) in [6.45, 7) is 5.61. The van der Waals surface area contributed by atoms with Crippen molar-refractivity contribution in [2.45, 2.75) is 187 Å². The smallest absolute Gasteiger partial charge is 0.451 e. The van der Waals surface area contributed by atoms with Gasteiger partial charge in [0.2, 0.25) is 0 Å². The number of nitrogen functional groups attached to an aromatic ring is 1. The fourth-order valence-electron chi connectivity index (χ4n) is 20.4. The summed E-state index contributed by atoms with van der Waals surface area (Å²) in [5.74, 6) is -10.1. The minimum absolute atomic E-state index is 0.0188. The molecule has 5 aromatic carbocycles. The van der Waals surface area contributed by atoms with E-state index >= 15 is 0 Å². The van der Waals surface area contributed by atoms with Crippen molar-refractivity contribution in [3.63, 3.8) is 0 Å². The van der Waals surface area contributed by atoms with Gasteiger partial charge in [0.15, 0.2) is 0 Å². The van der Waals surface area contributed by atoms with Gasteiger partial charge in [0, 0.05) is 161 Å². The monoisotopic (exact) mass is 2100 g/mol. The molecule has 0 unspecified atom stereocenters. The van der Waals surface area contributed by atoms with Crippen LogP contribution < -0.4 is 146 Å². The third-order valence-electron chi connectivity index (χ3n) is 29.0. The number of likely N-dealkylation sites (N-methyl/N-ethyl adjacent to an activating group) is 2. The number of carbonyl (C=O) groups is 6. The van der Waals surface area contributed by atoms with Gasteiger partial charge in [-0.2, -0.15) is 17.0 Å². The second-order valence-corrected chi connectivity index (χ2v) is 42.2. The number of hydrogen-bond acceptors (Lipinski definition) is 47. The zero-order valence-corrected chi connectivity index (χ0v) is 84.3. The van der Waals surface area contributed by atoms with E-state index in [1.807, 2.05) is 21.1 Å². The molecule has 0 amide bonds. The standard InChI is InChI=1S/C16H33BN4O6S.C15H25BN4O6.2C14H22BN3O6.C13H20BN3O6.C12H18BN3O6/c1-5-20(13-9-14(13)21(2,3)4)28(26,27)19-10-12(7-6-8-17(24)25)16(18,11-19)15(22)23;17-5-2-6-19-10-11(13(22)12(10)21)20-7-9(3-1-4-16(25)26)15(18,8-20)14(23)24;1-17(2)9-10(12(20)11(9)19)18-6-8(4-3-5-15(23)24)14(16,7-18)13(21)22;1-2-17-9-10(12(20)11(9)19)18-6-8(4-3-5-15(23)24)14(16,7-18)13(21)22;1-16-8-9(11(19)10(8)18)17-5-7(3-2-4-14(22)23)13(15,6-17)12(20)21;14-7-8(10(18)9(7)17)16-4-6(2-1-3-13(21)22)12(15,5-16)11(19)20/h12-14,24-25H,5-11,18H2,1-4H3;9,19,25-26H,1-8,17-18H2,(H,23,24);8,23-24H,3-7,16H2,1-2H3,(H,21,22);8,17,23-24H,2-7,16H2,1H3,(H,21,22);7,16,22-23H,2-6,15H2,1H3,(H,20,21);6,21-22H,1-5,14-15H2,(H,19,20)/p+1/t12-,13+,14+,16-;9-,15-;2*8-,14-;7-,13-;6-,12-/m000000/s1. The molecule has 816 valence electrons. The summed E-state index contributed by atoms with van der Waals surface area (Å²) in [4.78, 5) is 196. The first-order chi connectivity index (χ1) is 68.2. The lowest BCUT2D eigenvalue weighted by atomic mass is 9.78. The topological polar surface area (TPSA) is 942 Å². The Morgan fingerprint density at radius 1 is 0.388 bits per heavy atom. The maximum Gasteiger partial charge on any atom is 0.451 e. The molecular weight excluding hydrogens is 1960 g/mol. The molecule has 6 heterocycles. The lowest BCUT2D eigenvalue weighted by Crippen LogP contribution is -2.55. The highest BCUT2D eigenvalue weighted by Gasteiger charge is 2.61. The van der Waals surface area contributed by atoms with Crippen molar-refractivity contribution in [3.05, 3.63) is 102 Å². The highest BCUT2D eigenvalue weighted by atomic mass is 32.2. The lowest BCUT2D eigenvalue weighted by Gasteiger charge is -2.30. The minimum Gasteiger partial charge on any atom is -0.480 e. The molecule has 5 aromatic rings. The van der Waals surface area contributed by atoms with Gasteiger partial charge in [-0.1, -0.05) is 45.4 Å². The number of anilines is 10. The first-order valence-electron chi connectivity index (χ1n) is 48.3.